The first-order valence-corrected chi connectivity index (χ1v) is 10.6. The molecule has 0 bridgehead atoms. The quantitative estimate of drug-likeness (QED) is 0.802. The van der Waals surface area contributed by atoms with Gasteiger partial charge in [-0.15, -0.1) is 0 Å². The van der Waals surface area contributed by atoms with Crippen LogP contribution in [0.4, 0.5) is 0 Å². The van der Waals surface area contributed by atoms with Crippen molar-refractivity contribution >= 4 is 20.0 Å². The van der Waals surface area contributed by atoms with Gasteiger partial charge < -0.3 is 4.74 Å². The number of nitrogens with one attached hydrogen (secondary N) is 1. The predicted molar refractivity (Wildman–Crippen MR) is 87.3 cm³/mol. The van der Waals surface area contributed by atoms with Crippen LogP contribution in [0.2, 0.25) is 0 Å². The summed E-state index contributed by atoms with van der Waals surface area (Å²) >= 11 is 0. The smallest absolute Gasteiger partial charge is 0.243 e. The molecule has 130 valence electrons. The zero-order valence-corrected chi connectivity index (χ0v) is 14.9. The van der Waals surface area contributed by atoms with Crippen LogP contribution in [0, 0.1) is 5.92 Å². The second kappa shape index (κ2) is 7.16. The first kappa shape index (κ1) is 18.2. The van der Waals surface area contributed by atoms with Crippen molar-refractivity contribution in [2.24, 2.45) is 5.92 Å². The van der Waals surface area contributed by atoms with Crippen molar-refractivity contribution in [3.8, 4) is 5.75 Å². The molecular weight excluding hydrogens is 340 g/mol. The molecule has 0 aliphatic carbocycles. The molecule has 0 aromatic heterocycles. The summed E-state index contributed by atoms with van der Waals surface area (Å²) in [6, 6.07) is 6.26. The Bertz CT molecular complexity index is 729. The first-order valence-electron chi connectivity index (χ1n) is 7.31. The van der Waals surface area contributed by atoms with Crippen molar-refractivity contribution in [2.75, 3.05) is 33.0 Å². The highest BCUT2D eigenvalue weighted by molar-refractivity contribution is 7.89. The number of piperidine rings is 1. The summed E-state index contributed by atoms with van der Waals surface area (Å²) in [5.41, 5.74) is 0. The SMILES string of the molecule is COc1ccc(S(=O)(=O)N2CCCC(CNS(C)(=O)=O)C2)cc1. The van der Waals surface area contributed by atoms with E-state index < -0.39 is 20.0 Å². The van der Waals surface area contributed by atoms with E-state index in [1.54, 1.807) is 12.1 Å². The summed E-state index contributed by atoms with van der Waals surface area (Å²) in [6.45, 7) is 1.02. The maximum Gasteiger partial charge on any atom is 0.243 e. The summed E-state index contributed by atoms with van der Waals surface area (Å²) in [6.07, 6.45) is 2.62. The van der Waals surface area contributed by atoms with Gasteiger partial charge in [-0.3, -0.25) is 0 Å². The zero-order valence-electron chi connectivity index (χ0n) is 13.2. The molecule has 23 heavy (non-hydrogen) atoms. The highest BCUT2D eigenvalue weighted by Crippen LogP contribution is 2.24. The van der Waals surface area contributed by atoms with E-state index in [4.69, 9.17) is 4.74 Å². The fraction of sp³-hybridized carbons (Fsp3) is 0.571. The number of nitrogens with zero attached hydrogens (tertiary/aromatic N) is 1. The summed E-state index contributed by atoms with van der Waals surface area (Å²) in [5.74, 6) is 0.573. The van der Waals surface area contributed by atoms with Crippen LogP contribution in [-0.4, -0.2) is 54.1 Å². The van der Waals surface area contributed by atoms with Gasteiger partial charge in [-0.2, -0.15) is 4.31 Å². The Morgan fingerprint density at radius 1 is 1.22 bits per heavy atom. The molecule has 0 spiro atoms. The predicted octanol–water partition coefficient (Wildman–Crippen LogP) is 0.645. The van der Waals surface area contributed by atoms with Gasteiger partial charge in [-0.05, 0) is 43.0 Å². The fourth-order valence-electron chi connectivity index (χ4n) is 2.58. The van der Waals surface area contributed by atoms with Gasteiger partial charge >= 0.3 is 0 Å². The van der Waals surface area contributed by atoms with Crippen molar-refractivity contribution in [2.45, 2.75) is 17.7 Å². The minimum atomic E-state index is -3.57. The highest BCUT2D eigenvalue weighted by Gasteiger charge is 2.30. The molecule has 1 fully saturated rings. The van der Waals surface area contributed by atoms with Crippen LogP contribution < -0.4 is 9.46 Å². The van der Waals surface area contributed by atoms with Crippen LogP contribution in [0.1, 0.15) is 12.8 Å². The molecule has 2 rings (SSSR count). The molecule has 1 aromatic rings. The monoisotopic (exact) mass is 362 g/mol. The lowest BCUT2D eigenvalue weighted by molar-refractivity contribution is 0.267. The molecule has 0 radical (unpaired) electrons. The van der Waals surface area contributed by atoms with Crippen molar-refractivity contribution in [1.82, 2.24) is 9.03 Å². The molecule has 1 aliphatic rings. The molecule has 1 N–H and O–H groups in total. The number of benzene rings is 1. The van der Waals surface area contributed by atoms with Gasteiger partial charge in [-0.25, -0.2) is 21.6 Å². The van der Waals surface area contributed by atoms with Crippen LogP contribution in [0.5, 0.6) is 5.75 Å². The Kier molecular flexibility index (Phi) is 5.66. The van der Waals surface area contributed by atoms with Crippen LogP contribution in [0.15, 0.2) is 29.2 Å². The summed E-state index contributed by atoms with van der Waals surface area (Å²) in [4.78, 5) is 0.218. The molecule has 1 aliphatic heterocycles. The van der Waals surface area contributed by atoms with E-state index in [0.717, 1.165) is 12.7 Å². The minimum Gasteiger partial charge on any atom is -0.497 e. The van der Waals surface area contributed by atoms with E-state index in [2.05, 4.69) is 4.72 Å². The molecule has 1 heterocycles. The van der Waals surface area contributed by atoms with Crippen molar-refractivity contribution in [1.29, 1.82) is 0 Å². The van der Waals surface area contributed by atoms with E-state index in [-0.39, 0.29) is 17.4 Å². The van der Waals surface area contributed by atoms with Gasteiger partial charge in [0.2, 0.25) is 20.0 Å². The summed E-state index contributed by atoms with van der Waals surface area (Å²) in [7, 11) is -5.32. The number of sulfonamides is 2. The van der Waals surface area contributed by atoms with Gasteiger partial charge in [0.05, 0.1) is 18.3 Å². The van der Waals surface area contributed by atoms with E-state index >= 15 is 0 Å². The maximum atomic E-state index is 12.7. The Morgan fingerprint density at radius 3 is 2.43 bits per heavy atom. The number of hydrogen-bond donors (Lipinski definition) is 1. The lowest BCUT2D eigenvalue weighted by atomic mass is 10.0. The Balaban J connectivity index is 2.09. The third-order valence-corrected chi connectivity index (χ3v) is 6.38. The average Bonchev–Trinajstić information content (AvgIpc) is 2.52. The second-order valence-corrected chi connectivity index (χ2v) is 9.44. The summed E-state index contributed by atoms with van der Waals surface area (Å²) < 4.78 is 56.6. The van der Waals surface area contributed by atoms with Crippen molar-refractivity contribution < 1.29 is 21.6 Å². The van der Waals surface area contributed by atoms with Crippen LogP contribution in [0.3, 0.4) is 0 Å². The van der Waals surface area contributed by atoms with E-state index in [1.807, 2.05) is 0 Å². The van der Waals surface area contributed by atoms with Gasteiger partial charge in [0.15, 0.2) is 0 Å². The Morgan fingerprint density at radius 2 is 1.87 bits per heavy atom. The maximum absolute atomic E-state index is 12.7. The minimum absolute atomic E-state index is 0.0218. The molecule has 0 saturated carbocycles. The summed E-state index contributed by atoms with van der Waals surface area (Å²) in [5, 5.41) is 0. The number of hydrogen-bond acceptors (Lipinski definition) is 5. The Hall–Kier alpha value is -1.16. The van der Waals surface area contributed by atoms with Crippen molar-refractivity contribution in [3.05, 3.63) is 24.3 Å². The first-order chi connectivity index (χ1) is 10.7. The fourth-order valence-corrected chi connectivity index (χ4v) is 4.67. The lowest BCUT2D eigenvalue weighted by Gasteiger charge is -2.31. The van der Waals surface area contributed by atoms with Gasteiger partial charge in [0.25, 0.3) is 0 Å². The molecule has 9 heteroatoms. The topological polar surface area (TPSA) is 92.8 Å². The second-order valence-electron chi connectivity index (χ2n) is 5.67. The molecule has 0 amide bonds. The Labute approximate surface area is 137 Å². The molecule has 1 unspecified atom stereocenters. The average molecular weight is 362 g/mol. The van der Waals surface area contributed by atoms with E-state index in [9.17, 15) is 16.8 Å². The highest BCUT2D eigenvalue weighted by atomic mass is 32.2. The van der Waals surface area contributed by atoms with Crippen molar-refractivity contribution in [3.63, 3.8) is 0 Å². The molecule has 1 saturated heterocycles. The van der Waals surface area contributed by atoms with Crippen LogP contribution in [0.25, 0.3) is 0 Å². The largest absolute Gasteiger partial charge is 0.497 e. The number of rotatable bonds is 6. The van der Waals surface area contributed by atoms with Crippen LogP contribution >= 0.6 is 0 Å². The third kappa shape index (κ3) is 4.90. The molecule has 1 aromatic carbocycles. The molecule has 7 nitrogen and oxygen atoms in total. The standard InChI is InChI=1S/C14H22N2O5S2/c1-21-13-5-7-14(8-6-13)23(19,20)16-9-3-4-12(11-16)10-15-22(2,17)18/h5-8,12,15H,3-4,9-11H2,1-2H3. The molecular formula is C14H22N2O5S2. The number of ether oxygens (including phenoxy) is 1. The normalized spacial score (nSPS) is 20.3. The third-order valence-electron chi connectivity index (χ3n) is 3.81. The van der Waals surface area contributed by atoms with E-state index in [1.165, 1.54) is 23.5 Å². The van der Waals surface area contributed by atoms with Gasteiger partial charge in [0.1, 0.15) is 5.75 Å². The lowest BCUT2D eigenvalue weighted by Crippen LogP contribution is -2.43. The van der Waals surface area contributed by atoms with Gasteiger partial charge in [-0.1, -0.05) is 0 Å². The zero-order chi connectivity index (χ0) is 17.1. The molecule has 1 atom stereocenters. The number of methoxy groups -OCH3 is 1. The van der Waals surface area contributed by atoms with Gasteiger partial charge in [0, 0.05) is 19.6 Å². The van der Waals surface area contributed by atoms with Crippen LogP contribution in [-0.2, 0) is 20.0 Å². The van der Waals surface area contributed by atoms with E-state index in [0.29, 0.717) is 25.3 Å².